The lowest BCUT2D eigenvalue weighted by Gasteiger charge is -2.11. The first-order chi connectivity index (χ1) is 8.99. The first-order valence-electron chi connectivity index (χ1n) is 6.63. The van der Waals surface area contributed by atoms with Gasteiger partial charge in [0.1, 0.15) is 12.4 Å². The normalized spacial score (nSPS) is 10.8. The SMILES string of the molecule is CC(C)C(=O)NCc1ccc(OCCN(C)C)cc1. The molecule has 1 N–H and O–H groups in total. The summed E-state index contributed by atoms with van der Waals surface area (Å²) in [7, 11) is 4.04. The Morgan fingerprint density at radius 3 is 2.42 bits per heavy atom. The molecule has 0 saturated heterocycles. The van der Waals surface area contributed by atoms with Crippen LogP contribution in [0.2, 0.25) is 0 Å². The molecule has 0 bridgehead atoms. The van der Waals surface area contributed by atoms with Crippen molar-refractivity contribution >= 4 is 5.91 Å². The molecular formula is C15H24N2O2. The van der Waals surface area contributed by atoms with E-state index in [4.69, 9.17) is 4.74 Å². The van der Waals surface area contributed by atoms with Gasteiger partial charge in [0, 0.05) is 19.0 Å². The molecule has 19 heavy (non-hydrogen) atoms. The topological polar surface area (TPSA) is 41.6 Å². The molecule has 106 valence electrons. The Hall–Kier alpha value is -1.55. The van der Waals surface area contributed by atoms with Gasteiger partial charge in [-0.05, 0) is 31.8 Å². The van der Waals surface area contributed by atoms with E-state index in [1.165, 1.54) is 0 Å². The largest absolute Gasteiger partial charge is 0.492 e. The van der Waals surface area contributed by atoms with Gasteiger partial charge in [0.15, 0.2) is 0 Å². The summed E-state index contributed by atoms with van der Waals surface area (Å²) in [5.41, 5.74) is 1.08. The predicted octanol–water partition coefficient (Wildman–Crippen LogP) is 1.90. The van der Waals surface area contributed by atoms with Gasteiger partial charge in [-0.25, -0.2) is 0 Å². The van der Waals surface area contributed by atoms with E-state index in [1.807, 2.05) is 52.2 Å². The number of rotatable bonds is 7. The van der Waals surface area contributed by atoms with Gasteiger partial charge in [0.25, 0.3) is 0 Å². The van der Waals surface area contributed by atoms with Crippen LogP contribution in [0.15, 0.2) is 24.3 Å². The standard InChI is InChI=1S/C15H24N2O2/c1-12(2)15(18)16-11-13-5-7-14(8-6-13)19-10-9-17(3)4/h5-8,12H,9-11H2,1-4H3,(H,16,18). The fourth-order valence-corrected chi connectivity index (χ4v) is 1.44. The van der Waals surface area contributed by atoms with Crippen molar-refractivity contribution in [1.82, 2.24) is 10.2 Å². The molecule has 0 unspecified atom stereocenters. The van der Waals surface area contributed by atoms with Crippen molar-refractivity contribution in [1.29, 1.82) is 0 Å². The molecule has 0 fully saturated rings. The van der Waals surface area contributed by atoms with E-state index in [9.17, 15) is 4.79 Å². The van der Waals surface area contributed by atoms with Crippen molar-refractivity contribution in [2.75, 3.05) is 27.2 Å². The average Bonchev–Trinajstić information content (AvgIpc) is 2.37. The summed E-state index contributed by atoms with van der Waals surface area (Å²) in [6.07, 6.45) is 0. The second kappa shape index (κ2) is 7.79. The summed E-state index contributed by atoms with van der Waals surface area (Å²) in [6, 6.07) is 7.83. The number of carbonyl (C=O) groups is 1. The van der Waals surface area contributed by atoms with E-state index in [1.54, 1.807) is 0 Å². The highest BCUT2D eigenvalue weighted by Gasteiger charge is 2.05. The van der Waals surface area contributed by atoms with Crippen LogP contribution < -0.4 is 10.1 Å². The minimum absolute atomic E-state index is 0.0219. The number of hydrogen-bond donors (Lipinski definition) is 1. The predicted molar refractivity (Wildman–Crippen MR) is 77.2 cm³/mol. The molecule has 1 aromatic carbocycles. The zero-order valence-corrected chi connectivity index (χ0v) is 12.3. The fraction of sp³-hybridized carbons (Fsp3) is 0.533. The highest BCUT2D eigenvalue weighted by Crippen LogP contribution is 2.12. The van der Waals surface area contributed by atoms with Gasteiger partial charge in [-0.3, -0.25) is 4.79 Å². The molecule has 0 heterocycles. The lowest BCUT2D eigenvalue weighted by atomic mass is 10.2. The van der Waals surface area contributed by atoms with Crippen molar-refractivity contribution in [3.63, 3.8) is 0 Å². The monoisotopic (exact) mass is 264 g/mol. The first-order valence-corrected chi connectivity index (χ1v) is 6.63. The third kappa shape index (κ3) is 6.25. The summed E-state index contributed by atoms with van der Waals surface area (Å²) in [6.45, 7) is 5.91. The van der Waals surface area contributed by atoms with E-state index in [2.05, 4.69) is 10.2 Å². The molecule has 0 atom stereocenters. The second-order valence-corrected chi connectivity index (χ2v) is 5.17. The summed E-state index contributed by atoms with van der Waals surface area (Å²) < 4.78 is 5.61. The van der Waals surface area contributed by atoms with Gasteiger partial charge in [0.2, 0.25) is 5.91 Å². The summed E-state index contributed by atoms with van der Waals surface area (Å²) in [5, 5.41) is 2.89. The second-order valence-electron chi connectivity index (χ2n) is 5.17. The number of amides is 1. The van der Waals surface area contributed by atoms with Crippen LogP contribution in [0.1, 0.15) is 19.4 Å². The first kappa shape index (κ1) is 15.5. The van der Waals surface area contributed by atoms with Crippen LogP contribution >= 0.6 is 0 Å². The summed E-state index contributed by atoms with van der Waals surface area (Å²) >= 11 is 0. The summed E-state index contributed by atoms with van der Waals surface area (Å²) in [4.78, 5) is 13.5. The molecule has 4 nitrogen and oxygen atoms in total. The molecule has 0 aliphatic carbocycles. The number of likely N-dealkylation sites (N-methyl/N-ethyl adjacent to an activating group) is 1. The van der Waals surface area contributed by atoms with Crippen LogP contribution in [0.25, 0.3) is 0 Å². The van der Waals surface area contributed by atoms with Crippen LogP contribution in [-0.4, -0.2) is 38.1 Å². The quantitative estimate of drug-likeness (QED) is 0.818. The Morgan fingerprint density at radius 1 is 1.26 bits per heavy atom. The molecule has 4 heteroatoms. The molecule has 1 aromatic rings. The van der Waals surface area contributed by atoms with Crippen molar-refractivity contribution < 1.29 is 9.53 Å². The molecule has 1 rings (SSSR count). The Kier molecular flexibility index (Phi) is 6.36. The van der Waals surface area contributed by atoms with Crippen LogP contribution in [0.5, 0.6) is 5.75 Å². The van der Waals surface area contributed by atoms with E-state index in [0.29, 0.717) is 13.2 Å². The van der Waals surface area contributed by atoms with Crippen molar-refractivity contribution in [3.05, 3.63) is 29.8 Å². The maximum atomic E-state index is 11.4. The van der Waals surface area contributed by atoms with Gasteiger partial charge in [-0.15, -0.1) is 0 Å². The van der Waals surface area contributed by atoms with Gasteiger partial charge < -0.3 is 15.0 Å². The Morgan fingerprint density at radius 2 is 1.89 bits per heavy atom. The lowest BCUT2D eigenvalue weighted by Crippen LogP contribution is -2.27. The van der Waals surface area contributed by atoms with Crippen LogP contribution in [-0.2, 0) is 11.3 Å². The average molecular weight is 264 g/mol. The Bertz CT molecular complexity index is 386. The van der Waals surface area contributed by atoms with Crippen LogP contribution in [0.3, 0.4) is 0 Å². The minimum Gasteiger partial charge on any atom is -0.492 e. The van der Waals surface area contributed by atoms with E-state index in [-0.39, 0.29) is 11.8 Å². The Balaban J connectivity index is 2.37. The van der Waals surface area contributed by atoms with Gasteiger partial charge in [0.05, 0.1) is 0 Å². The molecule has 0 aliphatic rings. The molecule has 0 spiro atoms. The molecule has 1 amide bonds. The number of nitrogens with one attached hydrogen (secondary N) is 1. The maximum Gasteiger partial charge on any atom is 0.222 e. The maximum absolute atomic E-state index is 11.4. The number of carbonyl (C=O) groups excluding carboxylic acids is 1. The Labute approximate surface area is 115 Å². The van der Waals surface area contributed by atoms with Crippen molar-refractivity contribution in [2.45, 2.75) is 20.4 Å². The third-order valence-electron chi connectivity index (χ3n) is 2.72. The number of nitrogens with zero attached hydrogens (tertiary/aromatic N) is 1. The van der Waals surface area contributed by atoms with E-state index in [0.717, 1.165) is 17.9 Å². The van der Waals surface area contributed by atoms with Crippen LogP contribution in [0, 0.1) is 5.92 Å². The summed E-state index contributed by atoms with van der Waals surface area (Å²) in [5.74, 6) is 0.959. The number of ether oxygens (including phenoxy) is 1. The van der Waals surface area contributed by atoms with Gasteiger partial charge in [-0.2, -0.15) is 0 Å². The molecule has 0 radical (unpaired) electrons. The molecule has 0 saturated carbocycles. The highest BCUT2D eigenvalue weighted by atomic mass is 16.5. The third-order valence-corrected chi connectivity index (χ3v) is 2.72. The van der Waals surface area contributed by atoms with Gasteiger partial charge in [-0.1, -0.05) is 26.0 Å². The fourth-order valence-electron chi connectivity index (χ4n) is 1.44. The van der Waals surface area contributed by atoms with Crippen molar-refractivity contribution in [2.24, 2.45) is 5.92 Å². The molecule has 0 aliphatic heterocycles. The van der Waals surface area contributed by atoms with Crippen LogP contribution in [0.4, 0.5) is 0 Å². The molecule has 0 aromatic heterocycles. The molecular weight excluding hydrogens is 240 g/mol. The number of benzene rings is 1. The minimum atomic E-state index is 0.0219. The highest BCUT2D eigenvalue weighted by molar-refractivity contribution is 5.77. The van der Waals surface area contributed by atoms with E-state index < -0.39 is 0 Å². The zero-order valence-electron chi connectivity index (χ0n) is 12.3. The van der Waals surface area contributed by atoms with Gasteiger partial charge >= 0.3 is 0 Å². The van der Waals surface area contributed by atoms with Crippen molar-refractivity contribution in [3.8, 4) is 5.75 Å². The smallest absolute Gasteiger partial charge is 0.222 e. The number of hydrogen-bond acceptors (Lipinski definition) is 3. The zero-order chi connectivity index (χ0) is 14.3. The van der Waals surface area contributed by atoms with E-state index >= 15 is 0 Å². The lowest BCUT2D eigenvalue weighted by molar-refractivity contribution is -0.124.